The van der Waals surface area contributed by atoms with Crippen LogP contribution >= 0.6 is 0 Å². The lowest BCUT2D eigenvalue weighted by Crippen LogP contribution is -2.21. The molecule has 4 rings (SSSR count). The number of methoxy groups -OCH3 is 2. The Balaban J connectivity index is 1.98. The second-order valence-electron chi connectivity index (χ2n) is 7.66. The average molecular weight is 395 g/mol. The van der Waals surface area contributed by atoms with Crippen molar-refractivity contribution in [3.8, 4) is 22.6 Å². The van der Waals surface area contributed by atoms with E-state index in [9.17, 15) is 0 Å². The van der Waals surface area contributed by atoms with Gasteiger partial charge in [0.05, 0.1) is 25.5 Å². The van der Waals surface area contributed by atoms with E-state index in [1.54, 1.807) is 14.2 Å². The van der Waals surface area contributed by atoms with E-state index in [1.807, 2.05) is 29.6 Å². The molecule has 6 heteroatoms. The molecule has 0 spiro atoms. The maximum Gasteiger partial charge on any atom is 0.165 e. The summed E-state index contributed by atoms with van der Waals surface area (Å²) in [6.07, 6.45) is 5.36. The summed E-state index contributed by atoms with van der Waals surface area (Å²) >= 11 is 0. The lowest BCUT2D eigenvalue weighted by Gasteiger charge is -2.20. The van der Waals surface area contributed by atoms with E-state index >= 15 is 0 Å². The molecule has 0 saturated heterocycles. The van der Waals surface area contributed by atoms with Gasteiger partial charge in [0.25, 0.3) is 0 Å². The molecule has 0 unspecified atom stereocenters. The smallest absolute Gasteiger partial charge is 0.165 e. The molecule has 2 heterocycles. The molecule has 1 aliphatic rings. The maximum absolute atomic E-state index is 5.66. The number of ether oxygens (including phenoxy) is 2. The van der Waals surface area contributed by atoms with Crippen LogP contribution in [0.5, 0.6) is 11.5 Å². The largest absolute Gasteiger partial charge is 0.497 e. The molecule has 0 saturated carbocycles. The maximum atomic E-state index is 5.66. The molecule has 0 radical (unpaired) electrons. The van der Waals surface area contributed by atoms with Gasteiger partial charge in [0, 0.05) is 22.9 Å². The SMILES string of the molecule is CCC(CC)Nc1c2c(nc3c(-c4cc(OC)ccc4OC)c(C)nn13)CCC2. The Morgan fingerprint density at radius 1 is 1.14 bits per heavy atom. The highest BCUT2D eigenvalue weighted by Crippen LogP contribution is 2.39. The highest BCUT2D eigenvalue weighted by atomic mass is 16.5. The van der Waals surface area contributed by atoms with Gasteiger partial charge in [0.1, 0.15) is 17.3 Å². The van der Waals surface area contributed by atoms with Crippen LogP contribution in [-0.2, 0) is 12.8 Å². The highest BCUT2D eigenvalue weighted by molar-refractivity contribution is 5.85. The average Bonchev–Trinajstić information content (AvgIpc) is 3.34. The van der Waals surface area contributed by atoms with Crippen LogP contribution in [0.1, 0.15) is 50.1 Å². The van der Waals surface area contributed by atoms with Gasteiger partial charge in [-0.25, -0.2) is 4.98 Å². The molecule has 0 atom stereocenters. The molecule has 6 nitrogen and oxygen atoms in total. The Morgan fingerprint density at radius 3 is 2.62 bits per heavy atom. The van der Waals surface area contributed by atoms with Crippen LogP contribution in [0.15, 0.2) is 18.2 Å². The molecule has 1 N–H and O–H groups in total. The van der Waals surface area contributed by atoms with Gasteiger partial charge < -0.3 is 14.8 Å². The molecule has 1 aromatic carbocycles. The predicted molar refractivity (Wildman–Crippen MR) is 116 cm³/mol. The van der Waals surface area contributed by atoms with E-state index in [2.05, 4.69) is 19.2 Å². The lowest BCUT2D eigenvalue weighted by molar-refractivity contribution is 0.404. The number of aromatic nitrogens is 3. The Morgan fingerprint density at radius 2 is 1.93 bits per heavy atom. The van der Waals surface area contributed by atoms with Crippen molar-refractivity contribution in [1.29, 1.82) is 0 Å². The molecule has 0 aliphatic heterocycles. The number of anilines is 1. The van der Waals surface area contributed by atoms with Crippen LogP contribution in [0, 0.1) is 6.92 Å². The fourth-order valence-corrected chi connectivity index (χ4v) is 4.30. The van der Waals surface area contributed by atoms with Crippen LogP contribution < -0.4 is 14.8 Å². The van der Waals surface area contributed by atoms with E-state index in [4.69, 9.17) is 19.6 Å². The third-order valence-electron chi connectivity index (χ3n) is 5.97. The molecule has 1 aliphatic carbocycles. The first-order valence-corrected chi connectivity index (χ1v) is 10.5. The van der Waals surface area contributed by atoms with Crippen LogP contribution in [0.2, 0.25) is 0 Å². The standard InChI is InChI=1S/C23H30N4O2/c1-6-15(7-2)24-22-17-9-8-10-19(17)25-23-21(14(3)26-27(22)23)18-13-16(28-4)11-12-20(18)29-5/h11-13,15,24H,6-10H2,1-5H3. The molecule has 29 heavy (non-hydrogen) atoms. The second-order valence-corrected chi connectivity index (χ2v) is 7.66. The van der Waals surface area contributed by atoms with Crippen molar-refractivity contribution in [2.75, 3.05) is 19.5 Å². The van der Waals surface area contributed by atoms with Crippen LogP contribution in [0.4, 0.5) is 5.82 Å². The summed E-state index contributed by atoms with van der Waals surface area (Å²) in [6, 6.07) is 6.28. The second kappa shape index (κ2) is 7.93. The first kappa shape index (κ1) is 19.6. The van der Waals surface area contributed by atoms with Crippen molar-refractivity contribution in [3.63, 3.8) is 0 Å². The van der Waals surface area contributed by atoms with Gasteiger partial charge in [0.2, 0.25) is 0 Å². The fraction of sp³-hybridized carbons (Fsp3) is 0.478. The minimum absolute atomic E-state index is 0.421. The summed E-state index contributed by atoms with van der Waals surface area (Å²) in [7, 11) is 3.37. The van der Waals surface area contributed by atoms with Crippen LogP contribution in [-0.4, -0.2) is 34.9 Å². The number of nitrogens with one attached hydrogen (secondary N) is 1. The Labute approximate surface area is 172 Å². The number of benzene rings is 1. The summed E-state index contributed by atoms with van der Waals surface area (Å²) < 4.78 is 13.1. The monoisotopic (exact) mass is 394 g/mol. The van der Waals surface area contributed by atoms with E-state index in [-0.39, 0.29) is 0 Å². The zero-order valence-corrected chi connectivity index (χ0v) is 18.0. The molecule has 2 aromatic heterocycles. The van der Waals surface area contributed by atoms with E-state index in [0.717, 1.165) is 71.9 Å². The van der Waals surface area contributed by atoms with Gasteiger partial charge in [-0.1, -0.05) is 13.8 Å². The Hall–Kier alpha value is -2.76. The van der Waals surface area contributed by atoms with Gasteiger partial charge >= 0.3 is 0 Å². The summed E-state index contributed by atoms with van der Waals surface area (Å²) in [5.74, 6) is 2.68. The molecular weight excluding hydrogens is 364 g/mol. The number of rotatable bonds is 7. The molecular formula is C23H30N4O2. The summed E-state index contributed by atoms with van der Waals surface area (Å²) in [5.41, 5.74) is 6.27. The first-order valence-electron chi connectivity index (χ1n) is 10.5. The van der Waals surface area contributed by atoms with Gasteiger partial charge in [-0.15, -0.1) is 0 Å². The van der Waals surface area contributed by atoms with Crippen molar-refractivity contribution >= 4 is 11.5 Å². The minimum Gasteiger partial charge on any atom is -0.497 e. The number of hydrogen-bond donors (Lipinski definition) is 1. The quantitative estimate of drug-likeness (QED) is 0.623. The van der Waals surface area contributed by atoms with Gasteiger partial charge in [-0.05, 0) is 57.2 Å². The first-order chi connectivity index (χ1) is 14.1. The normalized spacial score (nSPS) is 13.2. The minimum atomic E-state index is 0.421. The number of fused-ring (bicyclic) bond motifs is 2. The molecule has 0 bridgehead atoms. The zero-order chi connectivity index (χ0) is 20.5. The molecule has 0 fully saturated rings. The Bertz CT molecular complexity index is 1040. The molecule has 0 amide bonds. The van der Waals surface area contributed by atoms with Crippen molar-refractivity contribution in [2.45, 2.75) is 58.9 Å². The fourth-order valence-electron chi connectivity index (χ4n) is 4.30. The topological polar surface area (TPSA) is 60.7 Å². The highest BCUT2D eigenvalue weighted by Gasteiger charge is 2.26. The third kappa shape index (κ3) is 3.30. The number of hydrogen-bond acceptors (Lipinski definition) is 5. The summed E-state index contributed by atoms with van der Waals surface area (Å²) in [6.45, 7) is 6.48. The summed E-state index contributed by atoms with van der Waals surface area (Å²) in [4.78, 5) is 5.07. The number of aryl methyl sites for hydroxylation is 2. The van der Waals surface area contributed by atoms with Crippen molar-refractivity contribution in [2.24, 2.45) is 0 Å². The lowest BCUT2D eigenvalue weighted by atomic mass is 10.0. The van der Waals surface area contributed by atoms with Crippen LogP contribution in [0.25, 0.3) is 16.8 Å². The van der Waals surface area contributed by atoms with E-state index in [0.29, 0.717) is 6.04 Å². The van der Waals surface area contributed by atoms with E-state index in [1.165, 1.54) is 11.3 Å². The Kier molecular flexibility index (Phi) is 5.35. The van der Waals surface area contributed by atoms with Crippen LogP contribution in [0.3, 0.4) is 0 Å². The van der Waals surface area contributed by atoms with Crippen molar-refractivity contribution < 1.29 is 9.47 Å². The molecule has 3 aromatic rings. The van der Waals surface area contributed by atoms with E-state index < -0.39 is 0 Å². The third-order valence-corrected chi connectivity index (χ3v) is 5.97. The predicted octanol–water partition coefficient (Wildman–Crippen LogP) is 4.81. The van der Waals surface area contributed by atoms with Gasteiger partial charge in [-0.2, -0.15) is 9.61 Å². The summed E-state index contributed by atoms with van der Waals surface area (Å²) in [5, 5.41) is 8.68. The van der Waals surface area contributed by atoms with Crippen molar-refractivity contribution in [3.05, 3.63) is 35.2 Å². The zero-order valence-electron chi connectivity index (χ0n) is 18.0. The van der Waals surface area contributed by atoms with Gasteiger partial charge in [-0.3, -0.25) is 0 Å². The molecule has 154 valence electrons. The number of nitrogens with zero attached hydrogens (tertiary/aromatic N) is 3. The van der Waals surface area contributed by atoms with Gasteiger partial charge in [0.15, 0.2) is 5.65 Å². The van der Waals surface area contributed by atoms with Crippen molar-refractivity contribution in [1.82, 2.24) is 14.6 Å².